The summed E-state index contributed by atoms with van der Waals surface area (Å²) >= 11 is 6.07. The minimum atomic E-state index is -0.826. The summed E-state index contributed by atoms with van der Waals surface area (Å²) in [5.74, 6) is -1.18. The van der Waals surface area contributed by atoms with Crippen LogP contribution in [0.15, 0.2) is 88.5 Å². The largest absolute Gasteiger partial charge is 0.503 e. The fraction of sp³-hybridized carbons (Fsp3) is 0.200. The van der Waals surface area contributed by atoms with Crippen molar-refractivity contribution in [2.45, 2.75) is 19.6 Å². The van der Waals surface area contributed by atoms with Gasteiger partial charge in [0.15, 0.2) is 11.5 Å². The molecule has 0 saturated heterocycles. The Kier molecular flexibility index (Phi) is 7.22. The van der Waals surface area contributed by atoms with Crippen molar-refractivity contribution in [3.63, 3.8) is 0 Å². The number of amides is 1. The maximum absolute atomic E-state index is 13.6. The summed E-state index contributed by atoms with van der Waals surface area (Å²) in [5.41, 5.74) is 3.29. The summed E-state index contributed by atoms with van der Waals surface area (Å²) in [6, 6.07) is 21.0. The maximum atomic E-state index is 13.6. The Labute approximate surface area is 224 Å². The second-order valence-electron chi connectivity index (χ2n) is 9.12. The highest BCUT2D eigenvalue weighted by Gasteiger charge is 2.44. The predicted molar refractivity (Wildman–Crippen MR) is 143 cm³/mol. The van der Waals surface area contributed by atoms with Crippen LogP contribution in [-0.4, -0.2) is 42.0 Å². The molecule has 0 saturated carbocycles. The van der Waals surface area contributed by atoms with Crippen LogP contribution in [0.1, 0.15) is 33.3 Å². The number of aliphatic hydroxyl groups is 1. The van der Waals surface area contributed by atoms with E-state index in [-0.39, 0.29) is 24.5 Å². The van der Waals surface area contributed by atoms with E-state index in [4.69, 9.17) is 25.5 Å². The number of halogens is 1. The number of hydrogen-bond donors (Lipinski definition) is 1. The number of methoxy groups -OCH3 is 1. The molecular formula is C30H26ClNO6. The Morgan fingerprint density at radius 2 is 1.79 bits per heavy atom. The number of ketones is 1. The van der Waals surface area contributed by atoms with Crippen LogP contribution < -0.4 is 4.74 Å². The van der Waals surface area contributed by atoms with Crippen LogP contribution in [0.25, 0.3) is 11.0 Å². The molecule has 8 heteroatoms. The zero-order valence-corrected chi connectivity index (χ0v) is 21.7. The van der Waals surface area contributed by atoms with Crippen molar-refractivity contribution >= 4 is 34.3 Å². The molecule has 2 heterocycles. The molecule has 3 aromatic carbocycles. The molecule has 1 amide bonds. The lowest BCUT2D eigenvalue weighted by Gasteiger charge is -2.26. The average molecular weight is 532 g/mol. The minimum Gasteiger partial charge on any atom is -0.503 e. The molecule has 0 radical (unpaired) electrons. The van der Waals surface area contributed by atoms with Gasteiger partial charge in [-0.2, -0.15) is 0 Å². The number of aryl methyl sites for hydroxylation is 1. The highest BCUT2D eigenvalue weighted by molar-refractivity contribution is 6.31. The summed E-state index contributed by atoms with van der Waals surface area (Å²) in [6.45, 7) is 2.85. The lowest BCUT2D eigenvalue weighted by molar-refractivity contribution is -0.130. The van der Waals surface area contributed by atoms with E-state index in [1.807, 2.05) is 31.2 Å². The van der Waals surface area contributed by atoms with Crippen molar-refractivity contribution in [2.24, 2.45) is 0 Å². The number of hydrogen-bond acceptors (Lipinski definition) is 6. The van der Waals surface area contributed by atoms with Gasteiger partial charge in [-0.1, -0.05) is 53.6 Å². The van der Waals surface area contributed by atoms with E-state index < -0.39 is 23.5 Å². The van der Waals surface area contributed by atoms with Crippen LogP contribution in [0.5, 0.6) is 5.75 Å². The van der Waals surface area contributed by atoms with Gasteiger partial charge in [0.2, 0.25) is 5.78 Å². The first kappa shape index (κ1) is 25.6. The molecule has 194 valence electrons. The zero-order valence-electron chi connectivity index (χ0n) is 20.9. The van der Waals surface area contributed by atoms with Gasteiger partial charge in [0.05, 0.1) is 18.2 Å². The lowest BCUT2D eigenvalue weighted by Crippen LogP contribution is -2.33. The number of carbonyl (C=O) groups excluding carboxylic acids is 2. The van der Waals surface area contributed by atoms with E-state index in [1.54, 1.807) is 48.5 Å². The predicted octanol–water partition coefficient (Wildman–Crippen LogP) is 6.20. The van der Waals surface area contributed by atoms with Crippen molar-refractivity contribution in [2.75, 3.05) is 20.3 Å². The third-order valence-electron chi connectivity index (χ3n) is 6.51. The highest BCUT2D eigenvalue weighted by atomic mass is 35.5. The van der Waals surface area contributed by atoms with Gasteiger partial charge in [0.1, 0.15) is 17.9 Å². The van der Waals surface area contributed by atoms with Gasteiger partial charge in [0.25, 0.3) is 5.91 Å². The first-order valence-electron chi connectivity index (χ1n) is 12.1. The van der Waals surface area contributed by atoms with Crippen molar-refractivity contribution in [3.8, 4) is 5.75 Å². The van der Waals surface area contributed by atoms with Gasteiger partial charge < -0.3 is 23.9 Å². The summed E-state index contributed by atoms with van der Waals surface area (Å²) in [4.78, 5) is 28.1. The summed E-state index contributed by atoms with van der Waals surface area (Å²) in [7, 11) is 1.52. The van der Waals surface area contributed by atoms with Crippen LogP contribution in [0.3, 0.4) is 0 Å². The SMILES string of the molecule is COCCN1C(=O)C(O)=C(C(=O)c2cc3cc(Cl)ccc3o2)C1c1ccc(OCc2ccc(C)cc2)cc1. The van der Waals surface area contributed by atoms with Crippen molar-refractivity contribution in [1.29, 1.82) is 0 Å². The molecule has 1 aromatic heterocycles. The molecule has 5 rings (SSSR count). The van der Waals surface area contributed by atoms with Gasteiger partial charge in [-0.25, -0.2) is 0 Å². The Morgan fingerprint density at radius 3 is 2.50 bits per heavy atom. The third-order valence-corrected chi connectivity index (χ3v) is 6.74. The number of carbonyl (C=O) groups is 2. The number of nitrogens with zero attached hydrogens (tertiary/aromatic N) is 1. The number of rotatable bonds is 9. The smallest absolute Gasteiger partial charge is 0.290 e. The summed E-state index contributed by atoms with van der Waals surface area (Å²) in [6.07, 6.45) is 0. The average Bonchev–Trinajstić information content (AvgIpc) is 3.45. The maximum Gasteiger partial charge on any atom is 0.290 e. The molecule has 7 nitrogen and oxygen atoms in total. The first-order valence-corrected chi connectivity index (χ1v) is 12.5. The molecule has 1 atom stereocenters. The van der Waals surface area contributed by atoms with Gasteiger partial charge in [0, 0.05) is 24.1 Å². The monoisotopic (exact) mass is 531 g/mol. The molecular weight excluding hydrogens is 506 g/mol. The fourth-order valence-corrected chi connectivity index (χ4v) is 4.69. The second kappa shape index (κ2) is 10.7. The normalized spacial score (nSPS) is 15.5. The molecule has 0 fully saturated rings. The molecule has 0 spiro atoms. The molecule has 1 unspecified atom stereocenters. The number of benzene rings is 3. The van der Waals surface area contributed by atoms with Crippen LogP contribution in [0, 0.1) is 6.92 Å². The van der Waals surface area contributed by atoms with Crippen molar-refractivity contribution in [1.82, 2.24) is 4.90 Å². The van der Waals surface area contributed by atoms with E-state index in [9.17, 15) is 14.7 Å². The van der Waals surface area contributed by atoms with Gasteiger partial charge in [-0.3, -0.25) is 9.59 Å². The van der Waals surface area contributed by atoms with Crippen LogP contribution in [0.4, 0.5) is 0 Å². The van der Waals surface area contributed by atoms with E-state index in [0.29, 0.717) is 33.9 Å². The van der Waals surface area contributed by atoms with E-state index in [2.05, 4.69) is 0 Å². The Bertz CT molecular complexity index is 1520. The minimum absolute atomic E-state index is 0.00765. The number of aliphatic hydroxyl groups excluding tert-OH is 1. The third kappa shape index (κ3) is 5.03. The number of ether oxygens (including phenoxy) is 2. The molecule has 0 bridgehead atoms. The number of Topliss-reactive ketones (excluding diaryl/α,β-unsaturated/α-hetero) is 1. The number of fused-ring (bicyclic) bond motifs is 1. The van der Waals surface area contributed by atoms with Crippen molar-refractivity contribution < 1.29 is 28.6 Å². The molecule has 0 aliphatic carbocycles. The highest BCUT2D eigenvalue weighted by Crippen LogP contribution is 2.40. The lowest BCUT2D eigenvalue weighted by atomic mass is 9.95. The quantitative estimate of drug-likeness (QED) is 0.259. The van der Waals surface area contributed by atoms with Crippen molar-refractivity contribution in [3.05, 3.63) is 112 Å². The first-order chi connectivity index (χ1) is 18.4. The standard InChI is InChI=1S/C30H26ClNO6/c1-18-3-5-19(6-4-18)17-37-23-10-7-20(8-11-23)27-26(29(34)30(35)32(27)13-14-36-2)28(33)25-16-21-15-22(31)9-12-24(21)38-25/h3-12,15-16,27,34H,13-14,17H2,1-2H3. The molecule has 1 aliphatic rings. The van der Waals surface area contributed by atoms with E-state index >= 15 is 0 Å². The Hall–Kier alpha value is -4.07. The summed E-state index contributed by atoms with van der Waals surface area (Å²) < 4.78 is 16.8. The van der Waals surface area contributed by atoms with Gasteiger partial charge in [-0.15, -0.1) is 0 Å². The molecule has 38 heavy (non-hydrogen) atoms. The van der Waals surface area contributed by atoms with Crippen LogP contribution in [-0.2, 0) is 16.1 Å². The molecule has 4 aromatic rings. The second-order valence-corrected chi connectivity index (χ2v) is 9.56. The molecule has 1 N–H and O–H groups in total. The van der Waals surface area contributed by atoms with Crippen LogP contribution in [0.2, 0.25) is 5.02 Å². The van der Waals surface area contributed by atoms with Gasteiger partial charge in [-0.05, 0) is 54.4 Å². The topological polar surface area (TPSA) is 89.2 Å². The number of furan rings is 1. The van der Waals surface area contributed by atoms with E-state index in [0.717, 1.165) is 5.56 Å². The fourth-order valence-electron chi connectivity index (χ4n) is 4.51. The van der Waals surface area contributed by atoms with Crippen LogP contribution >= 0.6 is 11.6 Å². The zero-order chi connectivity index (χ0) is 26.8. The Balaban J connectivity index is 1.44. The Morgan fingerprint density at radius 1 is 1.05 bits per heavy atom. The summed E-state index contributed by atoms with van der Waals surface area (Å²) in [5, 5.41) is 12.0. The van der Waals surface area contributed by atoms with Gasteiger partial charge >= 0.3 is 0 Å². The molecule has 1 aliphatic heterocycles. The van der Waals surface area contributed by atoms with E-state index in [1.165, 1.54) is 17.6 Å².